The Balaban J connectivity index is 0.00000753. The molecule has 0 N–H and O–H groups in total. The summed E-state index contributed by atoms with van der Waals surface area (Å²) < 4.78 is 153. The molecule has 324 valence electrons. The molecular formula is C60H46N4OPt-2. The van der Waals surface area contributed by atoms with Crippen LogP contribution in [0.15, 0.2) is 188 Å². The van der Waals surface area contributed by atoms with Crippen LogP contribution in [0.3, 0.4) is 0 Å². The molecule has 11 aromatic rings. The average Bonchev–Trinajstić information content (AvgIpc) is 4.14. The van der Waals surface area contributed by atoms with Gasteiger partial charge in [-0.25, -0.2) is 4.98 Å². The number of pyridine rings is 1. The maximum Gasteiger partial charge on any atom is 0.268 e. The standard InChI is InChI=1S/C60H46N4O.Pt/c1-40-18-16-19-41(2)58(40)44-34-51(42-20-8-6-9-21-42)59(52(35-44)43-22-10-7-11-23-43)63-39-62(54-28-14-15-29-55(54)63)46-24-17-25-47(37-46)65-48-30-31-50-49-26-12-13-27-53(49)64(56(50)38-48)57-36-45(32-33-61-57)60(3,4)5;/h6-36H,1-5H3;/q-2;/i1D3,2D3,6D,7D,8D,9D,10D,11D,20D,21D,22D,23D;. The topological polar surface area (TPSA) is 35.9 Å². The number of hydrogen-bond acceptors (Lipinski definition) is 2. The zero-order chi connectivity index (χ0) is 57.9. The van der Waals surface area contributed by atoms with Crippen LogP contribution in [0.4, 0.5) is 0 Å². The SMILES string of the molecule is [2H]c1c([2H])c([2H])c(-c2cc(-c3c(C([2H])([2H])[2H])cccc3C([2H])([2H])[2H])cc(-c3c([2H])c([2H])c([2H])c([2H])c3[2H])c2-[n+]2[c-]n(-c3[c-]c(Oc4[c-]c5c(cc4)c4ccccc4n5-c4cc(C(C)(C)C)ccn4)ccc3)c3ccccc32)c([2H])c1[2H].[Pt]. The molecule has 0 aliphatic rings. The fraction of sp³-hybridized carbons (Fsp3) is 0.100. The number of benzene rings is 8. The quantitative estimate of drug-likeness (QED) is 0.112. The van der Waals surface area contributed by atoms with E-state index >= 15 is 0 Å². The number of hydrogen-bond donors (Lipinski definition) is 0. The zero-order valence-corrected chi connectivity index (χ0v) is 37.9. The molecule has 0 amide bonds. The molecule has 11 rings (SSSR count). The van der Waals surface area contributed by atoms with Crippen molar-refractivity contribution >= 4 is 32.8 Å². The van der Waals surface area contributed by atoms with Crippen LogP contribution in [0.25, 0.3) is 83.4 Å². The molecule has 0 radical (unpaired) electrons. The summed E-state index contributed by atoms with van der Waals surface area (Å²) in [4.78, 5) is 4.79. The van der Waals surface area contributed by atoms with Gasteiger partial charge in [-0.15, -0.1) is 29.7 Å². The Morgan fingerprint density at radius 3 is 1.98 bits per heavy atom. The molecule has 0 aliphatic carbocycles. The second-order valence-corrected chi connectivity index (χ2v) is 16.5. The van der Waals surface area contributed by atoms with Crippen molar-refractivity contribution in [1.82, 2.24) is 14.1 Å². The normalized spacial score (nSPS) is 15.4. The first kappa shape index (κ1) is 27.9. The van der Waals surface area contributed by atoms with Crippen molar-refractivity contribution in [3.63, 3.8) is 0 Å². The molecule has 3 aromatic heterocycles. The summed E-state index contributed by atoms with van der Waals surface area (Å²) in [5.74, 6) is 1.33. The largest absolute Gasteiger partial charge is 0.510 e. The zero-order valence-electron chi connectivity index (χ0n) is 51.6. The minimum absolute atomic E-state index is 0. The third kappa shape index (κ3) is 7.63. The van der Waals surface area contributed by atoms with E-state index in [-0.39, 0.29) is 60.2 Å². The maximum atomic E-state index is 9.36. The number of aromatic nitrogens is 4. The number of ether oxygens (including phenoxy) is 1. The first-order valence-corrected chi connectivity index (χ1v) is 20.8. The second kappa shape index (κ2) is 17.2. The number of nitrogens with zero attached hydrogens (tertiary/aromatic N) is 4. The fourth-order valence-corrected chi connectivity index (χ4v) is 8.36. The Bertz CT molecular complexity index is 4250. The van der Waals surface area contributed by atoms with Gasteiger partial charge in [0.2, 0.25) is 0 Å². The first-order chi connectivity index (χ1) is 38.3. The molecule has 0 aliphatic heterocycles. The number of imidazole rings is 1. The third-order valence-corrected chi connectivity index (χ3v) is 11.4. The summed E-state index contributed by atoms with van der Waals surface area (Å²) in [6.45, 7) is 0.524. The predicted molar refractivity (Wildman–Crippen MR) is 264 cm³/mol. The van der Waals surface area contributed by atoms with Crippen molar-refractivity contribution in [2.75, 3.05) is 0 Å². The van der Waals surface area contributed by atoms with Crippen molar-refractivity contribution in [2.24, 2.45) is 0 Å². The van der Waals surface area contributed by atoms with Crippen molar-refractivity contribution in [1.29, 1.82) is 0 Å². The predicted octanol–water partition coefficient (Wildman–Crippen LogP) is 14.5. The molecule has 0 saturated carbocycles. The van der Waals surface area contributed by atoms with Gasteiger partial charge in [-0.05, 0) is 111 Å². The number of aryl methyl sites for hydroxylation is 2. The molecule has 0 saturated heterocycles. The Morgan fingerprint density at radius 1 is 0.636 bits per heavy atom. The summed E-state index contributed by atoms with van der Waals surface area (Å²) in [5, 5.41) is 1.92. The van der Waals surface area contributed by atoms with E-state index in [4.69, 9.17) is 26.2 Å². The van der Waals surface area contributed by atoms with Gasteiger partial charge in [0.25, 0.3) is 6.33 Å². The van der Waals surface area contributed by atoms with Gasteiger partial charge in [0.15, 0.2) is 0 Å². The van der Waals surface area contributed by atoms with E-state index < -0.39 is 96.4 Å². The van der Waals surface area contributed by atoms with Gasteiger partial charge < -0.3 is 13.9 Å². The van der Waals surface area contributed by atoms with Crippen LogP contribution in [-0.2, 0) is 26.5 Å². The van der Waals surface area contributed by atoms with E-state index in [1.54, 1.807) is 53.2 Å². The first-order valence-electron chi connectivity index (χ1n) is 28.8. The van der Waals surface area contributed by atoms with Crippen LogP contribution in [0.2, 0.25) is 0 Å². The Kier molecular flexibility index (Phi) is 7.28. The van der Waals surface area contributed by atoms with E-state index in [0.29, 0.717) is 28.3 Å². The van der Waals surface area contributed by atoms with Crippen LogP contribution in [0, 0.1) is 32.2 Å². The second-order valence-electron chi connectivity index (χ2n) is 16.5. The Morgan fingerprint density at radius 2 is 1.29 bits per heavy atom. The molecule has 66 heavy (non-hydrogen) atoms. The molecule has 0 bridgehead atoms. The van der Waals surface area contributed by atoms with Crippen LogP contribution < -0.4 is 9.30 Å². The average molecular weight is 1050 g/mol. The van der Waals surface area contributed by atoms with Crippen molar-refractivity contribution in [2.45, 2.75) is 39.9 Å². The Hall–Kier alpha value is -7.33. The molecule has 6 heteroatoms. The molecule has 0 unspecified atom stereocenters. The molecule has 5 nitrogen and oxygen atoms in total. The van der Waals surface area contributed by atoms with E-state index in [2.05, 4.69) is 49.9 Å². The maximum absolute atomic E-state index is 9.36. The monoisotopic (exact) mass is 1050 g/mol. The van der Waals surface area contributed by atoms with Crippen molar-refractivity contribution in [3.8, 4) is 62.1 Å². The van der Waals surface area contributed by atoms with Gasteiger partial charge in [-0.3, -0.25) is 4.57 Å². The van der Waals surface area contributed by atoms with Crippen LogP contribution >= 0.6 is 0 Å². The molecule has 8 aromatic carbocycles. The van der Waals surface area contributed by atoms with Crippen molar-refractivity contribution < 1.29 is 52.3 Å². The fourth-order valence-electron chi connectivity index (χ4n) is 8.36. The minimum atomic E-state index is -2.95. The van der Waals surface area contributed by atoms with E-state index in [9.17, 15) is 5.48 Å². The molecule has 0 spiro atoms. The van der Waals surface area contributed by atoms with Gasteiger partial charge in [-0.2, -0.15) is 18.2 Å². The van der Waals surface area contributed by atoms with Gasteiger partial charge in [-0.1, -0.05) is 147 Å². The third-order valence-electron chi connectivity index (χ3n) is 11.4. The molecule has 0 atom stereocenters. The molecular weight excluding hydrogens is 988 g/mol. The minimum Gasteiger partial charge on any atom is -0.510 e. The molecule has 0 fully saturated rings. The van der Waals surface area contributed by atoms with Crippen LogP contribution in [0.5, 0.6) is 11.5 Å². The Labute approximate surface area is 423 Å². The van der Waals surface area contributed by atoms with E-state index in [1.165, 1.54) is 34.9 Å². The number of para-hydroxylation sites is 3. The van der Waals surface area contributed by atoms with E-state index in [0.717, 1.165) is 27.4 Å². The summed E-state index contributed by atoms with van der Waals surface area (Å²) >= 11 is 0. The van der Waals surface area contributed by atoms with Gasteiger partial charge in [0, 0.05) is 52.5 Å². The number of rotatable bonds is 8. The van der Waals surface area contributed by atoms with Crippen LogP contribution in [0.1, 0.15) is 59.4 Å². The van der Waals surface area contributed by atoms with Gasteiger partial charge in [0.1, 0.15) is 5.82 Å². The number of fused-ring (bicyclic) bond motifs is 4. The van der Waals surface area contributed by atoms with Gasteiger partial charge >= 0.3 is 0 Å². The summed E-state index contributed by atoms with van der Waals surface area (Å²) in [6, 6.07) is 33.9. The van der Waals surface area contributed by atoms with Gasteiger partial charge in [0.05, 0.1) is 30.4 Å². The van der Waals surface area contributed by atoms with E-state index in [1.807, 2.05) is 42.5 Å². The summed E-state index contributed by atoms with van der Waals surface area (Å²) in [5.41, 5.74) is 0.988. The van der Waals surface area contributed by atoms with Crippen molar-refractivity contribution in [3.05, 3.63) is 223 Å². The summed E-state index contributed by atoms with van der Waals surface area (Å²) in [7, 11) is 0. The summed E-state index contributed by atoms with van der Waals surface area (Å²) in [6.07, 6.45) is 5.14. The smallest absolute Gasteiger partial charge is 0.268 e. The molecule has 3 heterocycles. The van der Waals surface area contributed by atoms with Crippen LogP contribution in [-0.4, -0.2) is 14.1 Å².